The number of likely N-dealkylation sites (N-methyl/N-ethyl adjacent to an activating group) is 2. The maximum Gasteiger partial charge on any atom is 0.324 e. The number of nitrogens with one attached hydrogen (secondary N) is 2. The van der Waals surface area contributed by atoms with E-state index in [0.29, 0.717) is 77.7 Å². The van der Waals surface area contributed by atoms with Crippen molar-refractivity contribution in [3.63, 3.8) is 0 Å². The number of aromatic hydroxyl groups is 1. The first-order valence-electron chi connectivity index (χ1n) is 26.2. The van der Waals surface area contributed by atoms with E-state index < -0.39 is 40.8 Å². The predicted molar refractivity (Wildman–Crippen MR) is 281 cm³/mol. The Morgan fingerprint density at radius 2 is 1.81 bits per heavy atom. The van der Waals surface area contributed by atoms with Crippen molar-refractivity contribution in [1.82, 2.24) is 40.0 Å². The van der Waals surface area contributed by atoms with Crippen molar-refractivity contribution in [1.29, 1.82) is 0 Å². The van der Waals surface area contributed by atoms with E-state index in [9.17, 15) is 24.3 Å². The van der Waals surface area contributed by atoms with Crippen LogP contribution in [0.15, 0.2) is 66.9 Å². The summed E-state index contributed by atoms with van der Waals surface area (Å²) >= 11 is 0. The predicted octanol–water partition coefficient (Wildman–Crippen LogP) is 6.51. The minimum absolute atomic E-state index is 0.0478. The van der Waals surface area contributed by atoms with Crippen LogP contribution in [0.1, 0.15) is 90.0 Å². The monoisotopic (exact) mass is 1000 g/mol. The molecular formula is C57H76N8O8. The van der Waals surface area contributed by atoms with Gasteiger partial charge in [-0.2, -0.15) is 0 Å². The fourth-order valence-electron chi connectivity index (χ4n) is 12.0. The number of amides is 4. The number of likely N-dealkylation sites (tertiary alicyclic amines) is 1. The maximum absolute atomic E-state index is 15.5. The second-order valence-electron chi connectivity index (χ2n) is 22.2. The second kappa shape index (κ2) is 22.2. The number of rotatable bonds is 12. The molecule has 2 aromatic heterocycles. The van der Waals surface area contributed by atoms with Gasteiger partial charge < -0.3 is 39.2 Å². The number of phenols is 1. The lowest BCUT2D eigenvalue weighted by atomic mass is 9.75. The Morgan fingerprint density at radius 1 is 1.01 bits per heavy atom. The van der Waals surface area contributed by atoms with Gasteiger partial charge in [-0.25, -0.2) is 5.43 Å². The van der Waals surface area contributed by atoms with Gasteiger partial charge in [0, 0.05) is 87.1 Å². The van der Waals surface area contributed by atoms with Crippen LogP contribution in [0, 0.1) is 22.7 Å². The van der Waals surface area contributed by atoms with Gasteiger partial charge in [-0.05, 0) is 131 Å². The summed E-state index contributed by atoms with van der Waals surface area (Å²) in [6.07, 6.45) is 8.97. The molecule has 1 spiro atoms. The van der Waals surface area contributed by atoms with Crippen molar-refractivity contribution >= 4 is 40.5 Å². The number of hydrazine groups is 1. The summed E-state index contributed by atoms with van der Waals surface area (Å²) in [6, 6.07) is 13.6. The van der Waals surface area contributed by atoms with Gasteiger partial charge in [-0.3, -0.25) is 34.0 Å². The smallest absolute Gasteiger partial charge is 0.324 e. The van der Waals surface area contributed by atoms with E-state index in [-0.39, 0.29) is 54.9 Å². The van der Waals surface area contributed by atoms with Crippen LogP contribution in [-0.2, 0) is 59.4 Å². The van der Waals surface area contributed by atoms with Crippen molar-refractivity contribution in [2.75, 3.05) is 61.0 Å². The Hall–Kier alpha value is -6.10. The van der Waals surface area contributed by atoms with Crippen LogP contribution in [0.5, 0.6) is 5.75 Å². The molecule has 4 aromatic rings. The fourth-order valence-corrected chi connectivity index (χ4v) is 12.0. The topological polar surface area (TPSA) is 179 Å². The van der Waals surface area contributed by atoms with Crippen LogP contribution in [0.4, 0.5) is 0 Å². The molecule has 4 amide bonds. The minimum atomic E-state index is -1.20. The summed E-state index contributed by atoms with van der Waals surface area (Å²) in [5, 5.41) is 17.5. The van der Waals surface area contributed by atoms with Gasteiger partial charge in [-0.1, -0.05) is 52.3 Å². The van der Waals surface area contributed by atoms with Gasteiger partial charge in [-0.15, -0.1) is 0 Å². The highest BCUT2D eigenvalue weighted by Gasteiger charge is 2.53. The van der Waals surface area contributed by atoms with Crippen LogP contribution in [0.2, 0.25) is 0 Å². The average Bonchev–Trinajstić information content (AvgIpc) is 4.09. The molecule has 3 N–H and O–H groups in total. The third kappa shape index (κ3) is 11.2. The zero-order valence-corrected chi connectivity index (χ0v) is 44.3. The number of nitrogens with zero attached hydrogens (tertiary/aromatic N) is 6. The SMILES string of the molecule is CCn1c(-c2cccnc2COC)c2c3cc(ccc31)-c1cc(O)cc(c1)CC1(CCCC1NC(=O)[C@H](C(C)C)N(C)C(=O)[C@H]1CCN(C(=O)/C=C/CN(C)C)C1)C(=O)N1CCC[C@H](N1)C(=O)OCC(C)(C)C2. The lowest BCUT2D eigenvalue weighted by Gasteiger charge is -2.42. The van der Waals surface area contributed by atoms with Crippen molar-refractivity contribution in [2.45, 2.75) is 117 Å². The molecule has 5 atom stereocenters. The van der Waals surface area contributed by atoms with E-state index in [0.717, 1.165) is 50.1 Å². The molecular weight excluding hydrogens is 925 g/mol. The molecule has 2 unspecified atom stereocenters. The lowest BCUT2D eigenvalue weighted by Crippen LogP contribution is -2.63. The molecule has 2 saturated heterocycles. The van der Waals surface area contributed by atoms with Crippen LogP contribution < -0.4 is 10.7 Å². The molecule has 3 fully saturated rings. The highest BCUT2D eigenvalue weighted by atomic mass is 16.5. The van der Waals surface area contributed by atoms with Crippen LogP contribution >= 0.6 is 0 Å². The average molecular weight is 1000 g/mol. The van der Waals surface area contributed by atoms with E-state index in [1.54, 1.807) is 48.5 Å². The zero-order chi connectivity index (χ0) is 52.4. The van der Waals surface area contributed by atoms with E-state index >= 15 is 4.79 Å². The first-order chi connectivity index (χ1) is 34.8. The number of pyridine rings is 1. The number of hydrogen-bond donors (Lipinski definition) is 3. The van der Waals surface area contributed by atoms with Crippen LogP contribution in [0.25, 0.3) is 33.3 Å². The molecule has 2 aromatic carbocycles. The van der Waals surface area contributed by atoms with Gasteiger partial charge >= 0.3 is 5.97 Å². The number of methoxy groups -OCH3 is 1. The van der Waals surface area contributed by atoms with Crippen molar-refractivity contribution in [3.8, 4) is 28.1 Å². The summed E-state index contributed by atoms with van der Waals surface area (Å²) in [5.74, 6) is -2.09. The number of aryl methyl sites for hydroxylation is 1. The summed E-state index contributed by atoms with van der Waals surface area (Å²) in [7, 11) is 7.17. The Labute approximate surface area is 430 Å². The number of carbonyl (C=O) groups is 5. The summed E-state index contributed by atoms with van der Waals surface area (Å²) in [4.78, 5) is 81.6. The van der Waals surface area contributed by atoms with Gasteiger partial charge in [0.15, 0.2) is 0 Å². The van der Waals surface area contributed by atoms with Gasteiger partial charge in [0.25, 0.3) is 0 Å². The molecule has 1 saturated carbocycles. The number of fused-ring (bicyclic) bond motifs is 6. The van der Waals surface area contributed by atoms with E-state index in [4.69, 9.17) is 14.5 Å². The molecule has 16 nitrogen and oxygen atoms in total. The van der Waals surface area contributed by atoms with Gasteiger partial charge in [0.1, 0.15) is 17.8 Å². The van der Waals surface area contributed by atoms with Crippen molar-refractivity contribution in [2.24, 2.45) is 22.7 Å². The fraction of sp³-hybridized carbons (Fsp3) is 0.544. The Morgan fingerprint density at radius 3 is 2.55 bits per heavy atom. The standard InChI is InChI=1S/C57H76N8O8/c1-10-64-47-20-19-38-30-43(47)44(51(64)42-15-12-23-58-46(42)34-72-9)32-56(4,5)35-73-54(70)45-16-13-25-65(60-45)55(71)57(31-37-27-40(38)29-41(66)28-37)22-11-17-48(57)59-52(68)50(36(2)3)62(8)53(69)39-21-26-63(33-39)49(67)18-14-24-61(6)7/h12,14-15,18-20,23,27-30,36,39,45,48,50,60,66H,10-11,13,16-17,21-22,24-26,31-35H2,1-9H3,(H,59,68)/b18-14+/t39-,45-,48?,50-,57?/m0/s1. The molecule has 0 radical (unpaired) electrons. The first kappa shape index (κ1) is 53.2. The molecule has 73 heavy (non-hydrogen) atoms. The number of esters is 1. The van der Waals surface area contributed by atoms with Gasteiger partial charge in [0.05, 0.1) is 35.9 Å². The molecule has 392 valence electrons. The summed E-state index contributed by atoms with van der Waals surface area (Å²) in [5.41, 5.74) is 8.83. The van der Waals surface area contributed by atoms with Crippen molar-refractivity contribution < 1.29 is 38.6 Å². The normalized spacial score (nSPS) is 22.9. The Kier molecular flexibility index (Phi) is 16.2. The number of aromatic nitrogens is 2. The number of benzene rings is 2. The number of phenolic OH excluding ortho intramolecular Hbond substituents is 1. The largest absolute Gasteiger partial charge is 0.508 e. The third-order valence-electron chi connectivity index (χ3n) is 15.5. The number of carbonyl (C=O) groups excluding carboxylic acids is 5. The van der Waals surface area contributed by atoms with Crippen LogP contribution in [-0.4, -0.2) is 143 Å². The minimum Gasteiger partial charge on any atom is -0.508 e. The van der Waals surface area contributed by atoms with E-state index in [1.165, 1.54) is 4.90 Å². The molecule has 4 aliphatic rings. The molecule has 16 heteroatoms. The number of hydrogen-bond acceptors (Lipinski definition) is 11. The number of cyclic esters (lactones) is 1. The first-order valence-corrected chi connectivity index (χ1v) is 26.2. The third-order valence-corrected chi connectivity index (χ3v) is 15.5. The van der Waals surface area contributed by atoms with E-state index in [1.807, 2.05) is 51.1 Å². The highest BCUT2D eigenvalue weighted by Crippen LogP contribution is 2.46. The molecule has 3 aliphatic heterocycles. The Bertz CT molecular complexity index is 2750. The quantitative estimate of drug-likeness (QED) is 0.104. The van der Waals surface area contributed by atoms with Crippen LogP contribution in [0.3, 0.4) is 0 Å². The molecule has 1 aliphatic carbocycles. The highest BCUT2D eigenvalue weighted by molar-refractivity contribution is 5.96. The zero-order valence-electron chi connectivity index (χ0n) is 44.3. The molecule has 5 heterocycles. The van der Waals surface area contributed by atoms with E-state index in [2.05, 4.69) is 60.3 Å². The second-order valence-corrected chi connectivity index (χ2v) is 22.2. The molecule has 8 rings (SSSR count). The lowest BCUT2D eigenvalue weighted by molar-refractivity contribution is -0.158. The van der Waals surface area contributed by atoms with Crippen molar-refractivity contribution in [3.05, 3.63) is 83.7 Å². The Balaban J connectivity index is 1.17. The summed E-state index contributed by atoms with van der Waals surface area (Å²) < 4.78 is 14.1. The van der Waals surface area contributed by atoms with Gasteiger partial charge in [0.2, 0.25) is 23.6 Å². The number of ether oxygens (including phenoxy) is 2. The maximum atomic E-state index is 15.5. The molecule has 6 bridgehead atoms. The summed E-state index contributed by atoms with van der Waals surface area (Å²) in [6.45, 7) is 12.9.